The summed E-state index contributed by atoms with van der Waals surface area (Å²) in [6.45, 7) is 2.20. The zero-order chi connectivity index (χ0) is 14.4. The van der Waals surface area contributed by atoms with Gasteiger partial charge in [-0.2, -0.15) is 0 Å². The van der Waals surface area contributed by atoms with Crippen LogP contribution in [-0.2, 0) is 17.1 Å². The van der Waals surface area contributed by atoms with Crippen LogP contribution in [0.3, 0.4) is 0 Å². The van der Waals surface area contributed by atoms with Crippen LogP contribution in [0, 0.1) is 5.92 Å². The highest BCUT2D eigenvalue weighted by atomic mass is 32.2. The first kappa shape index (κ1) is 14.5. The van der Waals surface area contributed by atoms with Gasteiger partial charge in [0.05, 0.1) is 11.7 Å². The Morgan fingerprint density at radius 2 is 2.15 bits per heavy atom. The largest absolute Gasteiger partial charge is 0.481 e. The van der Waals surface area contributed by atoms with Crippen LogP contribution >= 0.6 is 11.8 Å². The molecule has 0 aliphatic rings. The predicted octanol–water partition coefficient (Wildman–Crippen LogP) is 2.08. The molecule has 1 aromatic carbocycles. The van der Waals surface area contributed by atoms with Gasteiger partial charge in [0.1, 0.15) is 0 Å². The van der Waals surface area contributed by atoms with E-state index in [1.807, 2.05) is 30.3 Å². The number of tetrazole rings is 1. The van der Waals surface area contributed by atoms with Gasteiger partial charge in [0.15, 0.2) is 5.82 Å². The molecule has 7 heteroatoms. The van der Waals surface area contributed by atoms with E-state index in [2.05, 4.69) is 15.5 Å². The second-order valence-electron chi connectivity index (χ2n) is 4.45. The van der Waals surface area contributed by atoms with Crippen LogP contribution in [0.25, 0.3) is 0 Å². The van der Waals surface area contributed by atoms with Crippen LogP contribution in [0.4, 0.5) is 0 Å². The standard InChI is InChI=1S/C13H16N4O2S/c1-10(13(18)19)7-8-17-12(14-15-16-17)9-20-11-5-3-2-4-6-11/h2-6,10H,7-9H2,1H3,(H,18,19). The van der Waals surface area contributed by atoms with Gasteiger partial charge >= 0.3 is 5.97 Å². The Morgan fingerprint density at radius 3 is 2.85 bits per heavy atom. The lowest BCUT2D eigenvalue weighted by atomic mass is 10.1. The van der Waals surface area contributed by atoms with Crippen LogP contribution in [0.1, 0.15) is 19.2 Å². The summed E-state index contributed by atoms with van der Waals surface area (Å²) >= 11 is 1.65. The maximum atomic E-state index is 10.8. The number of carboxylic acid groups (broad SMARTS) is 1. The zero-order valence-electron chi connectivity index (χ0n) is 11.1. The summed E-state index contributed by atoms with van der Waals surface area (Å²) in [5.74, 6) is 0.238. The normalized spacial score (nSPS) is 12.2. The van der Waals surface area contributed by atoms with Crippen molar-refractivity contribution < 1.29 is 9.90 Å². The van der Waals surface area contributed by atoms with Gasteiger partial charge in [-0.05, 0) is 29.0 Å². The average Bonchev–Trinajstić information content (AvgIpc) is 2.91. The monoisotopic (exact) mass is 292 g/mol. The minimum absolute atomic E-state index is 0.395. The van der Waals surface area contributed by atoms with Crippen molar-refractivity contribution in [2.24, 2.45) is 5.92 Å². The van der Waals surface area contributed by atoms with E-state index in [1.165, 1.54) is 0 Å². The Hall–Kier alpha value is -1.89. The first-order chi connectivity index (χ1) is 9.66. The maximum Gasteiger partial charge on any atom is 0.306 e. The summed E-state index contributed by atoms with van der Waals surface area (Å²) in [5, 5.41) is 20.4. The number of carbonyl (C=O) groups is 1. The molecule has 1 unspecified atom stereocenters. The third kappa shape index (κ3) is 4.06. The minimum Gasteiger partial charge on any atom is -0.481 e. The third-order valence-electron chi connectivity index (χ3n) is 2.91. The number of aliphatic carboxylic acids is 1. The Labute approximate surface area is 121 Å². The molecule has 1 N–H and O–H groups in total. The van der Waals surface area contributed by atoms with Gasteiger partial charge in [-0.25, -0.2) is 4.68 Å². The smallest absolute Gasteiger partial charge is 0.306 e. The molecular formula is C13H16N4O2S. The molecule has 106 valence electrons. The molecule has 1 heterocycles. The van der Waals surface area contributed by atoms with Crippen molar-refractivity contribution in [3.8, 4) is 0 Å². The van der Waals surface area contributed by atoms with Gasteiger partial charge in [0.25, 0.3) is 0 Å². The summed E-state index contributed by atoms with van der Waals surface area (Å²) in [6.07, 6.45) is 0.517. The number of hydrogen-bond acceptors (Lipinski definition) is 5. The molecule has 0 amide bonds. The SMILES string of the molecule is CC(CCn1nnnc1CSc1ccccc1)C(=O)O. The Balaban J connectivity index is 1.90. The van der Waals surface area contributed by atoms with E-state index in [9.17, 15) is 4.79 Å². The first-order valence-corrected chi connectivity index (χ1v) is 7.31. The third-order valence-corrected chi connectivity index (χ3v) is 3.92. The van der Waals surface area contributed by atoms with Gasteiger partial charge in [-0.3, -0.25) is 4.79 Å². The van der Waals surface area contributed by atoms with Gasteiger partial charge in [-0.15, -0.1) is 16.9 Å². The number of carboxylic acids is 1. The van der Waals surface area contributed by atoms with Crippen molar-refractivity contribution in [1.29, 1.82) is 0 Å². The molecule has 0 aliphatic heterocycles. The molecular weight excluding hydrogens is 276 g/mol. The molecule has 2 aromatic rings. The number of rotatable bonds is 7. The van der Waals surface area contributed by atoms with Crippen molar-refractivity contribution in [2.45, 2.75) is 30.5 Å². The van der Waals surface area contributed by atoms with E-state index in [1.54, 1.807) is 23.4 Å². The first-order valence-electron chi connectivity index (χ1n) is 6.32. The van der Waals surface area contributed by atoms with E-state index in [0.29, 0.717) is 18.7 Å². The van der Waals surface area contributed by atoms with E-state index in [0.717, 1.165) is 10.7 Å². The molecule has 1 atom stereocenters. The summed E-state index contributed by atoms with van der Waals surface area (Å²) in [6, 6.07) is 10.0. The maximum absolute atomic E-state index is 10.8. The summed E-state index contributed by atoms with van der Waals surface area (Å²) < 4.78 is 1.68. The second kappa shape index (κ2) is 7.04. The highest BCUT2D eigenvalue weighted by Gasteiger charge is 2.13. The van der Waals surface area contributed by atoms with Crippen molar-refractivity contribution in [1.82, 2.24) is 20.2 Å². The fraction of sp³-hybridized carbons (Fsp3) is 0.385. The second-order valence-corrected chi connectivity index (χ2v) is 5.50. The van der Waals surface area contributed by atoms with Crippen LogP contribution < -0.4 is 0 Å². The summed E-state index contributed by atoms with van der Waals surface area (Å²) in [4.78, 5) is 11.9. The number of benzene rings is 1. The lowest BCUT2D eigenvalue weighted by Gasteiger charge is -2.07. The molecule has 2 rings (SSSR count). The molecule has 0 radical (unpaired) electrons. The van der Waals surface area contributed by atoms with Gasteiger partial charge in [-0.1, -0.05) is 25.1 Å². The molecule has 1 aromatic heterocycles. The van der Waals surface area contributed by atoms with Gasteiger partial charge in [0, 0.05) is 11.4 Å². The van der Waals surface area contributed by atoms with E-state index in [4.69, 9.17) is 5.11 Å². The van der Waals surface area contributed by atoms with Crippen molar-refractivity contribution in [3.63, 3.8) is 0 Å². The van der Waals surface area contributed by atoms with Crippen molar-refractivity contribution >= 4 is 17.7 Å². The quantitative estimate of drug-likeness (QED) is 0.787. The summed E-state index contributed by atoms with van der Waals surface area (Å²) in [7, 11) is 0. The number of aromatic nitrogens is 4. The van der Waals surface area contributed by atoms with Crippen molar-refractivity contribution in [2.75, 3.05) is 0 Å². The van der Waals surface area contributed by atoms with Gasteiger partial charge in [0.2, 0.25) is 0 Å². The Morgan fingerprint density at radius 1 is 1.40 bits per heavy atom. The van der Waals surface area contributed by atoms with E-state index >= 15 is 0 Å². The molecule has 0 saturated carbocycles. The number of aryl methyl sites for hydroxylation is 1. The highest BCUT2D eigenvalue weighted by molar-refractivity contribution is 7.98. The Kier molecular flexibility index (Phi) is 5.11. The molecule has 0 spiro atoms. The number of nitrogens with zero attached hydrogens (tertiary/aromatic N) is 4. The van der Waals surface area contributed by atoms with Crippen LogP contribution in [0.15, 0.2) is 35.2 Å². The average molecular weight is 292 g/mol. The van der Waals surface area contributed by atoms with Crippen LogP contribution in [0.2, 0.25) is 0 Å². The number of hydrogen-bond donors (Lipinski definition) is 1. The number of thioether (sulfide) groups is 1. The predicted molar refractivity (Wildman–Crippen MR) is 75.2 cm³/mol. The highest BCUT2D eigenvalue weighted by Crippen LogP contribution is 2.21. The molecule has 0 fully saturated rings. The van der Waals surface area contributed by atoms with Crippen molar-refractivity contribution in [3.05, 3.63) is 36.2 Å². The molecule has 6 nitrogen and oxygen atoms in total. The molecule has 0 aliphatic carbocycles. The summed E-state index contributed by atoms with van der Waals surface area (Å²) in [5.41, 5.74) is 0. The van der Waals surface area contributed by atoms with E-state index < -0.39 is 11.9 Å². The molecule has 20 heavy (non-hydrogen) atoms. The Bertz CT molecular complexity index is 559. The zero-order valence-corrected chi connectivity index (χ0v) is 12.0. The lowest BCUT2D eigenvalue weighted by Crippen LogP contribution is -2.14. The topological polar surface area (TPSA) is 80.9 Å². The lowest BCUT2D eigenvalue weighted by molar-refractivity contribution is -0.141. The minimum atomic E-state index is -0.793. The fourth-order valence-electron chi connectivity index (χ4n) is 1.60. The molecule has 0 saturated heterocycles. The molecule has 0 bridgehead atoms. The van der Waals surface area contributed by atoms with E-state index in [-0.39, 0.29) is 0 Å². The van der Waals surface area contributed by atoms with Crippen LogP contribution in [0.5, 0.6) is 0 Å². The van der Waals surface area contributed by atoms with Gasteiger partial charge < -0.3 is 5.11 Å². The van der Waals surface area contributed by atoms with Crippen LogP contribution in [-0.4, -0.2) is 31.3 Å². The fourth-order valence-corrected chi connectivity index (χ4v) is 2.46.